The number of benzene rings is 2. The number of piperazine rings is 1. The number of para-hydroxylation sites is 1. The van der Waals surface area contributed by atoms with Gasteiger partial charge >= 0.3 is 0 Å². The molecule has 0 bridgehead atoms. The van der Waals surface area contributed by atoms with Gasteiger partial charge in [0.05, 0.1) is 0 Å². The van der Waals surface area contributed by atoms with E-state index in [0.29, 0.717) is 6.04 Å². The van der Waals surface area contributed by atoms with E-state index in [0.717, 1.165) is 64.3 Å². The number of nitrogens with one attached hydrogen (secondary N) is 1. The summed E-state index contributed by atoms with van der Waals surface area (Å²) in [6.45, 7) is 11.8. The van der Waals surface area contributed by atoms with Gasteiger partial charge < -0.3 is 10.2 Å². The highest BCUT2D eigenvalue weighted by Crippen LogP contribution is 2.27. The van der Waals surface area contributed by atoms with E-state index in [9.17, 15) is 4.79 Å². The van der Waals surface area contributed by atoms with Crippen LogP contribution in [0.3, 0.4) is 0 Å². The van der Waals surface area contributed by atoms with Crippen molar-refractivity contribution < 1.29 is 4.79 Å². The minimum Gasteiger partial charge on any atom is -0.369 e. The predicted molar refractivity (Wildman–Crippen MR) is 141 cm³/mol. The van der Waals surface area contributed by atoms with Gasteiger partial charge in [0.2, 0.25) is 5.91 Å². The van der Waals surface area contributed by atoms with Gasteiger partial charge in [0.1, 0.15) is 0 Å². The van der Waals surface area contributed by atoms with Crippen LogP contribution < -0.4 is 10.2 Å². The van der Waals surface area contributed by atoms with Gasteiger partial charge in [0.15, 0.2) is 0 Å². The van der Waals surface area contributed by atoms with Crippen LogP contribution in [0.4, 0.5) is 11.4 Å². The van der Waals surface area contributed by atoms with E-state index in [2.05, 4.69) is 69.4 Å². The maximum absolute atomic E-state index is 11.4. The van der Waals surface area contributed by atoms with E-state index in [1.165, 1.54) is 29.7 Å². The smallest absolute Gasteiger partial charge is 0.221 e. The number of rotatable bonds is 8. The van der Waals surface area contributed by atoms with E-state index in [1.54, 1.807) is 6.92 Å². The SMILES string of the molecule is CCCN(CCN1CCN(c2ccccc2)CC1)C1CCc2ccc(NC(C)=O)cc2C1.Cl. The Morgan fingerprint density at radius 3 is 2.48 bits per heavy atom. The quantitative estimate of drug-likeness (QED) is 0.618. The second-order valence-corrected chi connectivity index (χ2v) is 9.26. The third-order valence-electron chi connectivity index (χ3n) is 6.95. The van der Waals surface area contributed by atoms with Gasteiger partial charge in [0.25, 0.3) is 0 Å². The Labute approximate surface area is 205 Å². The van der Waals surface area contributed by atoms with Crippen molar-refractivity contribution in [2.45, 2.75) is 45.6 Å². The highest BCUT2D eigenvalue weighted by molar-refractivity contribution is 5.88. The molecule has 2 aromatic rings. The van der Waals surface area contributed by atoms with Crippen molar-refractivity contribution in [3.63, 3.8) is 0 Å². The van der Waals surface area contributed by atoms with Crippen LogP contribution in [0.25, 0.3) is 0 Å². The van der Waals surface area contributed by atoms with Gasteiger partial charge in [-0.05, 0) is 67.6 Å². The third-order valence-corrected chi connectivity index (χ3v) is 6.95. The van der Waals surface area contributed by atoms with Gasteiger partial charge in [-0.25, -0.2) is 0 Å². The lowest BCUT2D eigenvalue weighted by atomic mass is 9.87. The lowest BCUT2D eigenvalue weighted by molar-refractivity contribution is -0.114. The first-order chi connectivity index (χ1) is 15.6. The van der Waals surface area contributed by atoms with E-state index in [4.69, 9.17) is 0 Å². The molecule has 4 rings (SSSR count). The summed E-state index contributed by atoms with van der Waals surface area (Å²) in [7, 11) is 0. The van der Waals surface area contributed by atoms with Gasteiger partial charge in [-0.3, -0.25) is 14.6 Å². The first-order valence-electron chi connectivity index (χ1n) is 12.3. The summed E-state index contributed by atoms with van der Waals surface area (Å²) in [5.74, 6) is -0.00252. The molecule has 1 heterocycles. The van der Waals surface area contributed by atoms with Crippen molar-refractivity contribution in [2.75, 3.05) is 56.0 Å². The molecular formula is C27H39ClN4O. The van der Waals surface area contributed by atoms with E-state index >= 15 is 0 Å². The number of hydrogen-bond donors (Lipinski definition) is 1. The minimum atomic E-state index is -0.00252. The molecule has 6 heteroatoms. The van der Waals surface area contributed by atoms with Crippen LogP contribution in [0.15, 0.2) is 48.5 Å². The van der Waals surface area contributed by atoms with E-state index in [-0.39, 0.29) is 18.3 Å². The Morgan fingerprint density at radius 1 is 1.03 bits per heavy atom. The molecule has 33 heavy (non-hydrogen) atoms. The fourth-order valence-electron chi connectivity index (χ4n) is 5.23. The zero-order valence-corrected chi connectivity index (χ0v) is 20.9. The maximum atomic E-state index is 11.4. The van der Waals surface area contributed by atoms with E-state index in [1.807, 2.05) is 6.07 Å². The van der Waals surface area contributed by atoms with Crippen LogP contribution in [0, 0.1) is 0 Å². The molecule has 0 radical (unpaired) electrons. The molecule has 1 fully saturated rings. The molecule has 2 aliphatic rings. The molecule has 1 atom stereocenters. The van der Waals surface area contributed by atoms with Crippen molar-refractivity contribution in [3.05, 3.63) is 59.7 Å². The minimum absolute atomic E-state index is 0. The standard InChI is InChI=1S/C27H38N4O.ClH/c1-3-13-30(17-14-29-15-18-31(19-16-29)26-7-5-4-6-8-26)27-12-10-23-9-11-25(28-22(2)32)20-24(23)21-27;/h4-9,11,20,27H,3,10,12-19,21H2,1-2H3,(H,28,32);1H. The molecule has 1 aliphatic carbocycles. The summed E-state index contributed by atoms with van der Waals surface area (Å²) in [6.07, 6.45) is 4.65. The fraction of sp³-hybridized carbons (Fsp3) is 0.519. The fourth-order valence-corrected chi connectivity index (χ4v) is 5.23. The van der Waals surface area contributed by atoms with Crippen LogP contribution >= 0.6 is 12.4 Å². The molecule has 0 saturated carbocycles. The molecule has 5 nitrogen and oxygen atoms in total. The van der Waals surface area contributed by atoms with Crippen molar-refractivity contribution >= 4 is 29.7 Å². The van der Waals surface area contributed by atoms with Crippen LogP contribution in [0.2, 0.25) is 0 Å². The number of halogens is 1. The number of hydrogen-bond acceptors (Lipinski definition) is 4. The van der Waals surface area contributed by atoms with Gasteiger partial charge in [-0.2, -0.15) is 0 Å². The Morgan fingerprint density at radius 2 is 1.79 bits per heavy atom. The third kappa shape index (κ3) is 6.95. The predicted octanol–water partition coefficient (Wildman–Crippen LogP) is 4.46. The number of carbonyl (C=O) groups excluding carboxylic acids is 1. The van der Waals surface area contributed by atoms with Crippen molar-refractivity contribution in [1.29, 1.82) is 0 Å². The molecule has 0 spiro atoms. The van der Waals surface area contributed by atoms with Crippen molar-refractivity contribution in [2.24, 2.45) is 0 Å². The maximum Gasteiger partial charge on any atom is 0.221 e. The molecule has 180 valence electrons. The summed E-state index contributed by atoms with van der Waals surface area (Å²) in [6, 6.07) is 17.8. The monoisotopic (exact) mass is 470 g/mol. The summed E-state index contributed by atoms with van der Waals surface area (Å²) in [5.41, 5.74) is 5.13. The number of nitrogens with zero attached hydrogens (tertiary/aromatic N) is 3. The second kappa shape index (κ2) is 12.4. The van der Waals surface area contributed by atoms with Gasteiger partial charge in [-0.15, -0.1) is 12.4 Å². The first-order valence-corrected chi connectivity index (χ1v) is 12.3. The Hall–Kier alpha value is -2.08. The number of carbonyl (C=O) groups is 1. The molecular weight excluding hydrogens is 432 g/mol. The zero-order chi connectivity index (χ0) is 22.3. The van der Waals surface area contributed by atoms with Gasteiger partial charge in [-0.1, -0.05) is 31.2 Å². The average molecular weight is 471 g/mol. The normalized spacial score (nSPS) is 18.5. The van der Waals surface area contributed by atoms with E-state index < -0.39 is 0 Å². The Bertz CT molecular complexity index is 883. The Kier molecular flexibility index (Phi) is 9.60. The average Bonchev–Trinajstić information content (AvgIpc) is 2.82. The molecule has 1 saturated heterocycles. The lowest BCUT2D eigenvalue weighted by Crippen LogP contribution is -2.50. The molecule has 1 unspecified atom stereocenters. The highest BCUT2D eigenvalue weighted by Gasteiger charge is 2.25. The second-order valence-electron chi connectivity index (χ2n) is 9.26. The molecule has 1 N–H and O–H groups in total. The van der Waals surface area contributed by atoms with Crippen molar-refractivity contribution in [1.82, 2.24) is 9.80 Å². The van der Waals surface area contributed by atoms with Crippen LogP contribution in [0.5, 0.6) is 0 Å². The largest absolute Gasteiger partial charge is 0.369 e. The zero-order valence-electron chi connectivity index (χ0n) is 20.1. The summed E-state index contributed by atoms with van der Waals surface area (Å²) in [4.78, 5) is 19.3. The summed E-state index contributed by atoms with van der Waals surface area (Å²) in [5, 5.41) is 2.94. The van der Waals surface area contributed by atoms with Gasteiger partial charge in [0, 0.05) is 63.6 Å². The molecule has 1 aliphatic heterocycles. The molecule has 1 amide bonds. The first kappa shape index (κ1) is 25.5. The number of amides is 1. The highest BCUT2D eigenvalue weighted by atomic mass is 35.5. The van der Waals surface area contributed by atoms with Crippen LogP contribution in [-0.4, -0.2) is 67.6 Å². The number of anilines is 2. The summed E-state index contributed by atoms with van der Waals surface area (Å²) >= 11 is 0. The molecule has 2 aromatic carbocycles. The Balaban J connectivity index is 0.00000306. The number of fused-ring (bicyclic) bond motifs is 1. The topological polar surface area (TPSA) is 38.8 Å². The van der Waals surface area contributed by atoms with Crippen LogP contribution in [0.1, 0.15) is 37.8 Å². The number of aryl methyl sites for hydroxylation is 1. The van der Waals surface area contributed by atoms with Crippen molar-refractivity contribution in [3.8, 4) is 0 Å². The lowest BCUT2D eigenvalue weighted by Gasteiger charge is -2.39. The molecule has 0 aromatic heterocycles. The van der Waals surface area contributed by atoms with Crippen LogP contribution in [-0.2, 0) is 17.6 Å². The summed E-state index contributed by atoms with van der Waals surface area (Å²) < 4.78 is 0.